The van der Waals surface area contributed by atoms with E-state index in [1.165, 1.54) is 6.42 Å². The van der Waals surface area contributed by atoms with E-state index in [1.807, 2.05) is 0 Å². The molecule has 1 heterocycles. The third kappa shape index (κ3) is 3.36. The maximum Gasteiger partial charge on any atom is 0.420 e. The molecule has 106 valence electrons. The minimum atomic E-state index is -4.54. The van der Waals surface area contributed by atoms with Crippen molar-refractivity contribution in [3.05, 3.63) is 22.7 Å². The van der Waals surface area contributed by atoms with Crippen molar-refractivity contribution in [2.24, 2.45) is 11.7 Å². The second-order valence-electron chi connectivity index (χ2n) is 4.85. The number of hydrogen-bond acceptors (Lipinski definition) is 3. The average Bonchev–Trinajstić information content (AvgIpc) is 2.37. The summed E-state index contributed by atoms with van der Waals surface area (Å²) in [6.45, 7) is 0. The molecule has 0 spiro atoms. The lowest BCUT2D eigenvalue weighted by Gasteiger charge is -2.26. The zero-order chi connectivity index (χ0) is 14.0. The van der Waals surface area contributed by atoms with Gasteiger partial charge in [0, 0.05) is 6.20 Å². The van der Waals surface area contributed by atoms with Crippen LogP contribution in [0.1, 0.15) is 49.5 Å². The molecule has 1 saturated carbocycles. The fraction of sp³-hybridized carbons (Fsp3) is 0.667. The monoisotopic (exact) mass is 293 g/mol. The summed E-state index contributed by atoms with van der Waals surface area (Å²) in [6, 6.07) is -0.444. The van der Waals surface area contributed by atoms with Crippen LogP contribution >= 0.6 is 11.6 Å². The summed E-state index contributed by atoms with van der Waals surface area (Å²) in [5.74, 6) is 0.423. The number of halogens is 4. The van der Waals surface area contributed by atoms with Gasteiger partial charge in [0.1, 0.15) is 16.5 Å². The van der Waals surface area contributed by atoms with E-state index < -0.39 is 22.9 Å². The molecule has 1 aromatic rings. The quantitative estimate of drug-likeness (QED) is 0.845. The third-order valence-electron chi connectivity index (χ3n) is 3.52. The van der Waals surface area contributed by atoms with E-state index in [2.05, 4.69) is 9.97 Å². The van der Waals surface area contributed by atoms with E-state index in [0.717, 1.165) is 25.7 Å². The zero-order valence-corrected chi connectivity index (χ0v) is 11.0. The Hall–Kier alpha value is -0.880. The van der Waals surface area contributed by atoms with Crippen molar-refractivity contribution in [3.8, 4) is 0 Å². The van der Waals surface area contributed by atoms with Crippen LogP contribution < -0.4 is 5.73 Å². The van der Waals surface area contributed by atoms with Crippen molar-refractivity contribution in [3.63, 3.8) is 0 Å². The van der Waals surface area contributed by atoms with Gasteiger partial charge in [0.05, 0.1) is 6.04 Å². The summed E-state index contributed by atoms with van der Waals surface area (Å²) < 4.78 is 37.6. The summed E-state index contributed by atoms with van der Waals surface area (Å²) in [4.78, 5) is 7.46. The van der Waals surface area contributed by atoms with Crippen LogP contribution in [0, 0.1) is 5.92 Å². The summed E-state index contributed by atoms with van der Waals surface area (Å²) in [5.41, 5.74) is 5.01. The Morgan fingerprint density at radius 1 is 1.26 bits per heavy atom. The van der Waals surface area contributed by atoms with Gasteiger partial charge in [-0.15, -0.1) is 0 Å². The Labute approximate surface area is 114 Å². The predicted octanol–water partition coefficient (Wildman–Crippen LogP) is 3.73. The second-order valence-corrected chi connectivity index (χ2v) is 5.21. The lowest BCUT2D eigenvalue weighted by atomic mass is 9.84. The average molecular weight is 294 g/mol. The zero-order valence-electron chi connectivity index (χ0n) is 10.3. The lowest BCUT2D eigenvalue weighted by Crippen LogP contribution is -2.26. The summed E-state index contributed by atoms with van der Waals surface area (Å²) in [7, 11) is 0. The molecule has 3 nitrogen and oxygen atoms in total. The smallest absolute Gasteiger partial charge is 0.321 e. The Morgan fingerprint density at radius 3 is 2.42 bits per heavy atom. The highest BCUT2D eigenvalue weighted by Crippen LogP contribution is 2.35. The summed E-state index contributed by atoms with van der Waals surface area (Å²) in [6.07, 6.45) is 1.46. The maximum absolute atomic E-state index is 12.5. The van der Waals surface area contributed by atoms with Crippen LogP contribution in [0.3, 0.4) is 0 Å². The minimum absolute atomic E-state index is 0.199. The summed E-state index contributed by atoms with van der Waals surface area (Å²) >= 11 is 5.57. The molecule has 7 heteroatoms. The van der Waals surface area contributed by atoms with Gasteiger partial charge in [-0.1, -0.05) is 30.9 Å². The minimum Gasteiger partial charge on any atom is -0.321 e. The Bertz CT molecular complexity index is 444. The molecule has 1 unspecified atom stereocenters. The van der Waals surface area contributed by atoms with Crippen molar-refractivity contribution < 1.29 is 13.2 Å². The largest absolute Gasteiger partial charge is 0.420 e. The molecule has 2 rings (SSSR count). The first kappa shape index (κ1) is 14.5. The van der Waals surface area contributed by atoms with E-state index in [-0.39, 0.29) is 11.7 Å². The van der Waals surface area contributed by atoms with Gasteiger partial charge < -0.3 is 5.73 Å². The van der Waals surface area contributed by atoms with E-state index in [1.54, 1.807) is 0 Å². The highest BCUT2D eigenvalue weighted by atomic mass is 35.5. The lowest BCUT2D eigenvalue weighted by molar-refractivity contribution is -0.138. The van der Waals surface area contributed by atoms with Crippen molar-refractivity contribution in [2.75, 3.05) is 0 Å². The molecule has 1 fully saturated rings. The maximum atomic E-state index is 12.5. The van der Waals surface area contributed by atoms with Gasteiger partial charge >= 0.3 is 6.18 Å². The van der Waals surface area contributed by atoms with Gasteiger partial charge in [-0.25, -0.2) is 9.97 Å². The molecule has 0 aliphatic heterocycles. The first-order valence-electron chi connectivity index (χ1n) is 6.25. The molecule has 1 aromatic heterocycles. The second kappa shape index (κ2) is 5.63. The van der Waals surface area contributed by atoms with Crippen molar-refractivity contribution in [1.82, 2.24) is 9.97 Å². The highest BCUT2D eigenvalue weighted by Gasteiger charge is 2.35. The van der Waals surface area contributed by atoms with E-state index in [0.29, 0.717) is 6.20 Å². The standard InChI is InChI=1S/C12H15ClF3N3/c13-10-8(12(14,15)16)6-18-11(19-10)9(17)7-4-2-1-3-5-7/h6-7,9H,1-5,17H2. The molecular weight excluding hydrogens is 279 g/mol. The van der Waals surface area contributed by atoms with Gasteiger partial charge in [-0.05, 0) is 18.8 Å². The molecule has 0 bridgehead atoms. The number of alkyl halides is 3. The molecule has 0 amide bonds. The molecule has 0 radical (unpaired) electrons. The summed E-state index contributed by atoms with van der Waals surface area (Å²) in [5, 5.41) is -0.580. The first-order chi connectivity index (χ1) is 8.89. The first-order valence-corrected chi connectivity index (χ1v) is 6.62. The van der Waals surface area contributed by atoms with Gasteiger partial charge in [0.15, 0.2) is 0 Å². The molecule has 2 N–H and O–H groups in total. The normalized spacial score (nSPS) is 19.4. The molecule has 19 heavy (non-hydrogen) atoms. The molecule has 1 atom stereocenters. The number of nitrogens with two attached hydrogens (primary N) is 1. The number of aromatic nitrogens is 2. The van der Waals surface area contributed by atoms with Crippen molar-refractivity contribution in [2.45, 2.75) is 44.3 Å². The number of rotatable bonds is 2. The SMILES string of the molecule is NC(c1ncc(C(F)(F)F)c(Cl)n1)C1CCCCC1. The van der Waals surface area contributed by atoms with Gasteiger partial charge in [0.25, 0.3) is 0 Å². The highest BCUT2D eigenvalue weighted by molar-refractivity contribution is 6.30. The van der Waals surface area contributed by atoms with Crippen LogP contribution in [0.25, 0.3) is 0 Å². The van der Waals surface area contributed by atoms with Gasteiger partial charge in [0.2, 0.25) is 0 Å². The fourth-order valence-electron chi connectivity index (χ4n) is 2.43. The predicted molar refractivity (Wildman–Crippen MR) is 65.5 cm³/mol. The molecule has 1 aliphatic rings. The Balaban J connectivity index is 2.19. The van der Waals surface area contributed by atoms with Crippen LogP contribution in [0.5, 0.6) is 0 Å². The Morgan fingerprint density at radius 2 is 1.89 bits per heavy atom. The van der Waals surface area contributed by atoms with Crippen molar-refractivity contribution in [1.29, 1.82) is 0 Å². The van der Waals surface area contributed by atoms with Gasteiger partial charge in [-0.3, -0.25) is 0 Å². The van der Waals surface area contributed by atoms with Crippen LogP contribution in [0.15, 0.2) is 6.20 Å². The molecular formula is C12H15ClF3N3. The molecule has 0 saturated heterocycles. The third-order valence-corrected chi connectivity index (χ3v) is 3.81. The molecule has 1 aliphatic carbocycles. The van der Waals surface area contributed by atoms with Crippen LogP contribution in [-0.4, -0.2) is 9.97 Å². The fourth-order valence-corrected chi connectivity index (χ4v) is 2.67. The topological polar surface area (TPSA) is 51.8 Å². The van der Waals surface area contributed by atoms with E-state index in [9.17, 15) is 13.2 Å². The molecule has 0 aromatic carbocycles. The van der Waals surface area contributed by atoms with E-state index >= 15 is 0 Å². The van der Waals surface area contributed by atoms with E-state index in [4.69, 9.17) is 17.3 Å². The number of nitrogens with zero attached hydrogens (tertiary/aromatic N) is 2. The van der Waals surface area contributed by atoms with Crippen molar-refractivity contribution >= 4 is 11.6 Å². The van der Waals surface area contributed by atoms with Crippen LogP contribution in [-0.2, 0) is 6.18 Å². The Kier molecular flexibility index (Phi) is 4.30. The van der Waals surface area contributed by atoms with Crippen LogP contribution in [0.4, 0.5) is 13.2 Å². The van der Waals surface area contributed by atoms with Gasteiger partial charge in [-0.2, -0.15) is 13.2 Å². The van der Waals surface area contributed by atoms with Crippen LogP contribution in [0.2, 0.25) is 5.15 Å². The number of hydrogen-bond donors (Lipinski definition) is 1.